The van der Waals surface area contributed by atoms with E-state index in [0.717, 1.165) is 0 Å². The minimum absolute atomic E-state index is 0.107. The van der Waals surface area contributed by atoms with Gasteiger partial charge in [0.1, 0.15) is 6.61 Å². The Kier molecular flexibility index (Phi) is 7.47. The molecule has 2 nitrogen and oxygen atoms in total. The van der Waals surface area contributed by atoms with E-state index in [4.69, 9.17) is 38.2 Å². The molecule has 0 aromatic heterocycles. The van der Waals surface area contributed by atoms with Crippen LogP contribution in [0.2, 0.25) is 0 Å². The van der Waals surface area contributed by atoms with Crippen molar-refractivity contribution < 1.29 is 9.26 Å². The van der Waals surface area contributed by atoms with Gasteiger partial charge in [-0.15, -0.1) is 6.42 Å². The molecule has 0 spiro atoms. The van der Waals surface area contributed by atoms with Crippen LogP contribution in [0.15, 0.2) is 0 Å². The Morgan fingerprint density at radius 2 is 2.27 bits per heavy atom. The van der Waals surface area contributed by atoms with Crippen LogP contribution in [0.25, 0.3) is 0 Å². The van der Waals surface area contributed by atoms with Gasteiger partial charge >= 0.3 is 0 Å². The molecule has 0 aliphatic heterocycles. The third kappa shape index (κ3) is 8.40. The van der Waals surface area contributed by atoms with Gasteiger partial charge < -0.3 is 9.26 Å². The second-order valence-electron chi connectivity index (χ2n) is 1.84. The largest absolute Gasteiger partial charge is 0.366 e. The summed E-state index contributed by atoms with van der Waals surface area (Å²) in [6, 6.07) is 0. The van der Waals surface area contributed by atoms with Gasteiger partial charge in [0.15, 0.2) is 0 Å². The number of ether oxygens (including phenoxy) is 1. The maximum atomic E-state index is 5.40. The summed E-state index contributed by atoms with van der Waals surface area (Å²) in [7, 11) is 0. The van der Waals surface area contributed by atoms with Crippen LogP contribution in [0, 0.1) is 12.3 Å². The van der Waals surface area contributed by atoms with Crippen molar-refractivity contribution in [2.45, 2.75) is 13.0 Å². The zero-order chi connectivity index (χ0) is 8.69. The first-order chi connectivity index (χ1) is 5.16. The fraction of sp³-hybridized carbons (Fsp3) is 0.667. The molecule has 64 valence electrons. The highest BCUT2D eigenvalue weighted by molar-refractivity contribution is 8.00. The van der Waals surface area contributed by atoms with Crippen LogP contribution in [0.3, 0.4) is 0 Å². The first-order valence-electron chi connectivity index (χ1n) is 2.96. The van der Waals surface area contributed by atoms with E-state index in [9.17, 15) is 0 Å². The Bertz CT molecular complexity index is 135. The van der Waals surface area contributed by atoms with E-state index in [2.05, 4.69) is 5.92 Å². The predicted octanol–water partition coefficient (Wildman–Crippen LogP) is 2.75. The Balaban J connectivity index is 3.24. The Morgan fingerprint density at radius 3 is 2.73 bits per heavy atom. The normalized spacial score (nSPS) is 13.0. The van der Waals surface area contributed by atoms with Crippen molar-refractivity contribution in [3.05, 3.63) is 0 Å². The maximum absolute atomic E-state index is 5.40. The molecule has 0 bridgehead atoms. The Hall–Kier alpha value is 0.490. The van der Waals surface area contributed by atoms with Crippen molar-refractivity contribution >= 4 is 29.3 Å². The molecule has 0 aliphatic rings. The van der Waals surface area contributed by atoms with E-state index in [1.54, 1.807) is 0 Å². The summed E-state index contributed by atoms with van der Waals surface area (Å²) in [4.78, 5) is 0. The standard InChI is InChI=1S/C6H9Cl2O2P/c1-3-4-9-5-6(2)10-11(7)8/h1,6H,4-5H2,2H3. The zero-order valence-corrected chi connectivity index (χ0v) is 8.49. The van der Waals surface area contributed by atoms with Crippen LogP contribution < -0.4 is 0 Å². The lowest BCUT2D eigenvalue weighted by atomic mass is 10.4. The smallest absolute Gasteiger partial charge is 0.225 e. The lowest BCUT2D eigenvalue weighted by Crippen LogP contribution is -2.12. The molecule has 0 heterocycles. The van der Waals surface area contributed by atoms with Gasteiger partial charge in [0.25, 0.3) is 0 Å². The number of hydrogen-bond acceptors (Lipinski definition) is 2. The monoisotopic (exact) mass is 214 g/mol. The second-order valence-corrected chi connectivity index (χ2v) is 4.81. The quantitative estimate of drug-likeness (QED) is 0.398. The van der Waals surface area contributed by atoms with E-state index in [-0.39, 0.29) is 12.7 Å². The molecule has 0 radical (unpaired) electrons. The van der Waals surface area contributed by atoms with Gasteiger partial charge in [0, 0.05) is 0 Å². The Labute approximate surface area is 77.6 Å². The van der Waals surface area contributed by atoms with Crippen LogP contribution in [-0.4, -0.2) is 19.3 Å². The molecule has 0 aromatic carbocycles. The van der Waals surface area contributed by atoms with Crippen LogP contribution in [-0.2, 0) is 9.26 Å². The van der Waals surface area contributed by atoms with Gasteiger partial charge in [0.2, 0.25) is 6.85 Å². The first-order valence-corrected chi connectivity index (χ1v) is 6.03. The minimum atomic E-state index is -1.35. The van der Waals surface area contributed by atoms with Crippen LogP contribution in [0.4, 0.5) is 0 Å². The fourth-order valence-electron chi connectivity index (χ4n) is 0.450. The van der Waals surface area contributed by atoms with E-state index >= 15 is 0 Å². The molecule has 0 aliphatic carbocycles. The van der Waals surface area contributed by atoms with Crippen molar-refractivity contribution in [2.75, 3.05) is 13.2 Å². The highest BCUT2D eigenvalue weighted by Gasteiger charge is 2.07. The summed E-state index contributed by atoms with van der Waals surface area (Å²) < 4.78 is 9.98. The minimum Gasteiger partial charge on any atom is -0.366 e. The molecule has 0 N–H and O–H groups in total. The highest BCUT2D eigenvalue weighted by atomic mass is 35.9. The van der Waals surface area contributed by atoms with Crippen molar-refractivity contribution in [1.82, 2.24) is 0 Å². The van der Waals surface area contributed by atoms with Gasteiger partial charge in [-0.05, 0) is 29.4 Å². The third-order valence-electron chi connectivity index (χ3n) is 0.798. The summed E-state index contributed by atoms with van der Waals surface area (Å²) in [6.07, 6.45) is 4.85. The summed E-state index contributed by atoms with van der Waals surface area (Å²) in [5.74, 6) is 2.34. The average Bonchev–Trinajstić information content (AvgIpc) is 1.86. The summed E-state index contributed by atoms with van der Waals surface area (Å²) in [6.45, 7) is 1.18. The van der Waals surface area contributed by atoms with Crippen molar-refractivity contribution in [2.24, 2.45) is 0 Å². The van der Waals surface area contributed by atoms with Crippen LogP contribution >= 0.6 is 29.3 Å². The van der Waals surface area contributed by atoms with Gasteiger partial charge in [0.05, 0.1) is 12.7 Å². The third-order valence-corrected chi connectivity index (χ3v) is 1.79. The maximum Gasteiger partial charge on any atom is 0.225 e. The molecule has 0 amide bonds. The molecule has 0 saturated carbocycles. The van der Waals surface area contributed by atoms with Crippen molar-refractivity contribution in [1.29, 1.82) is 0 Å². The molecule has 1 unspecified atom stereocenters. The van der Waals surface area contributed by atoms with Gasteiger partial charge in [-0.25, -0.2) is 0 Å². The summed E-state index contributed by atoms with van der Waals surface area (Å²) in [5, 5.41) is 0. The zero-order valence-electron chi connectivity index (χ0n) is 6.09. The average molecular weight is 215 g/mol. The molecule has 0 saturated heterocycles. The topological polar surface area (TPSA) is 18.5 Å². The molecule has 0 fully saturated rings. The fourth-order valence-corrected chi connectivity index (χ4v) is 1.60. The molecule has 1 atom stereocenters. The first kappa shape index (κ1) is 11.5. The SMILES string of the molecule is C#CCOCC(C)OP(Cl)Cl. The van der Waals surface area contributed by atoms with Gasteiger partial charge in [-0.2, -0.15) is 0 Å². The molecule has 5 heteroatoms. The van der Waals surface area contributed by atoms with Crippen molar-refractivity contribution in [3.63, 3.8) is 0 Å². The van der Waals surface area contributed by atoms with Gasteiger partial charge in [-0.3, -0.25) is 0 Å². The van der Waals surface area contributed by atoms with E-state index in [1.165, 1.54) is 0 Å². The summed E-state index contributed by atoms with van der Waals surface area (Å²) in [5.41, 5.74) is 0. The number of rotatable bonds is 5. The molecular formula is C6H9Cl2O2P. The van der Waals surface area contributed by atoms with Crippen molar-refractivity contribution in [3.8, 4) is 12.3 Å². The Morgan fingerprint density at radius 1 is 1.64 bits per heavy atom. The lowest BCUT2D eigenvalue weighted by molar-refractivity contribution is 0.0858. The second kappa shape index (κ2) is 7.16. The number of terminal acetylenes is 1. The predicted molar refractivity (Wildman–Crippen MR) is 48.8 cm³/mol. The van der Waals surface area contributed by atoms with Crippen LogP contribution in [0.5, 0.6) is 0 Å². The number of hydrogen-bond donors (Lipinski definition) is 0. The van der Waals surface area contributed by atoms with Gasteiger partial charge in [-0.1, -0.05) is 5.92 Å². The molecular weight excluding hydrogens is 206 g/mol. The van der Waals surface area contributed by atoms with E-state index in [0.29, 0.717) is 6.61 Å². The van der Waals surface area contributed by atoms with Crippen LogP contribution in [0.1, 0.15) is 6.92 Å². The molecule has 0 rings (SSSR count). The molecule has 0 aromatic rings. The lowest BCUT2D eigenvalue weighted by Gasteiger charge is -2.11. The van der Waals surface area contributed by atoms with E-state index in [1.807, 2.05) is 6.92 Å². The van der Waals surface area contributed by atoms with E-state index < -0.39 is 6.85 Å². The number of halogens is 2. The molecule has 11 heavy (non-hydrogen) atoms. The highest BCUT2D eigenvalue weighted by Crippen LogP contribution is 2.48. The summed E-state index contributed by atoms with van der Waals surface area (Å²) >= 11 is 10.8.